The molecular weight excluding hydrogens is 162 g/mol. The lowest BCUT2D eigenvalue weighted by Gasteiger charge is -2.24. The Kier molecular flexibility index (Phi) is 3.52. The minimum Gasteiger partial charge on any atom is -0.353 e. The molecule has 1 N–H and O–H groups in total. The average Bonchev–Trinajstić information content (AvgIpc) is 1.92. The quantitative estimate of drug-likeness (QED) is 0.665. The van der Waals surface area contributed by atoms with E-state index in [1.54, 1.807) is 12.5 Å². The summed E-state index contributed by atoms with van der Waals surface area (Å²) in [5.74, 6) is 0.639. The highest BCUT2D eigenvalue weighted by molar-refractivity contribution is 5.73. The van der Waals surface area contributed by atoms with Crippen molar-refractivity contribution in [2.75, 3.05) is 6.54 Å². The van der Waals surface area contributed by atoms with Gasteiger partial charge >= 0.3 is 0 Å². The van der Waals surface area contributed by atoms with Crippen LogP contribution >= 0.6 is 0 Å². The zero-order valence-electron chi connectivity index (χ0n) is 8.81. The maximum atomic E-state index is 10.8. The van der Waals surface area contributed by atoms with Crippen LogP contribution in [0, 0.1) is 5.92 Å². The molecule has 1 aliphatic carbocycles. The Labute approximate surface area is 80.4 Å². The molecule has 13 heavy (non-hydrogen) atoms. The fourth-order valence-electron chi connectivity index (χ4n) is 1.63. The van der Waals surface area contributed by atoms with E-state index in [2.05, 4.69) is 19.2 Å². The maximum absolute atomic E-state index is 10.8. The molecule has 0 heterocycles. The summed E-state index contributed by atoms with van der Waals surface area (Å²) in [5, 5.41) is 2.88. The molecular formula is C11H19NO. The molecule has 1 fully saturated rings. The SMILES string of the molecule is CC(=O)NCC(=C1CCC1)C(C)C. The maximum Gasteiger partial charge on any atom is 0.217 e. The van der Waals surface area contributed by atoms with Gasteiger partial charge in [-0.15, -0.1) is 0 Å². The molecule has 0 saturated heterocycles. The fourth-order valence-corrected chi connectivity index (χ4v) is 1.63. The van der Waals surface area contributed by atoms with Crippen molar-refractivity contribution in [1.29, 1.82) is 0 Å². The normalized spacial score (nSPS) is 15.5. The van der Waals surface area contributed by atoms with Crippen LogP contribution in [0.4, 0.5) is 0 Å². The number of carbonyl (C=O) groups excluding carboxylic acids is 1. The largest absolute Gasteiger partial charge is 0.353 e. The lowest BCUT2D eigenvalue weighted by molar-refractivity contribution is -0.118. The van der Waals surface area contributed by atoms with Crippen LogP contribution in [0.5, 0.6) is 0 Å². The molecule has 0 unspecified atom stereocenters. The van der Waals surface area contributed by atoms with E-state index in [1.807, 2.05) is 0 Å². The zero-order chi connectivity index (χ0) is 9.84. The van der Waals surface area contributed by atoms with Gasteiger partial charge in [-0.3, -0.25) is 4.79 Å². The smallest absolute Gasteiger partial charge is 0.217 e. The standard InChI is InChI=1S/C11H19NO/c1-8(2)11(7-12-9(3)13)10-5-4-6-10/h8H,4-7H2,1-3H3,(H,12,13). The van der Waals surface area contributed by atoms with E-state index in [-0.39, 0.29) is 5.91 Å². The van der Waals surface area contributed by atoms with Crippen LogP contribution in [-0.2, 0) is 4.79 Å². The van der Waals surface area contributed by atoms with E-state index in [4.69, 9.17) is 0 Å². The Morgan fingerprint density at radius 3 is 2.38 bits per heavy atom. The second kappa shape index (κ2) is 4.45. The Bertz CT molecular complexity index is 222. The van der Waals surface area contributed by atoms with Crippen molar-refractivity contribution in [2.45, 2.75) is 40.0 Å². The van der Waals surface area contributed by atoms with E-state index < -0.39 is 0 Å². The van der Waals surface area contributed by atoms with Gasteiger partial charge in [0.05, 0.1) is 0 Å². The van der Waals surface area contributed by atoms with Crippen LogP contribution in [0.2, 0.25) is 0 Å². The molecule has 2 heteroatoms. The molecule has 1 rings (SSSR count). The predicted molar refractivity (Wildman–Crippen MR) is 54.4 cm³/mol. The molecule has 0 aromatic rings. The van der Waals surface area contributed by atoms with Crippen LogP contribution in [-0.4, -0.2) is 12.5 Å². The van der Waals surface area contributed by atoms with Crippen molar-refractivity contribution in [2.24, 2.45) is 5.92 Å². The minimum absolute atomic E-state index is 0.0677. The Morgan fingerprint density at radius 1 is 1.46 bits per heavy atom. The van der Waals surface area contributed by atoms with Crippen molar-refractivity contribution in [3.8, 4) is 0 Å². The zero-order valence-corrected chi connectivity index (χ0v) is 8.81. The molecule has 74 valence electrons. The van der Waals surface area contributed by atoms with E-state index in [1.165, 1.54) is 24.8 Å². The summed E-state index contributed by atoms with van der Waals surface area (Å²) in [6.07, 6.45) is 3.81. The molecule has 0 bridgehead atoms. The first kappa shape index (κ1) is 10.3. The Balaban J connectivity index is 2.53. The topological polar surface area (TPSA) is 29.1 Å². The van der Waals surface area contributed by atoms with Crippen molar-refractivity contribution in [3.05, 3.63) is 11.1 Å². The average molecular weight is 181 g/mol. The number of amides is 1. The second-order valence-electron chi connectivity index (χ2n) is 4.05. The molecule has 1 aliphatic rings. The summed E-state index contributed by atoms with van der Waals surface area (Å²) >= 11 is 0. The van der Waals surface area contributed by atoms with Crippen LogP contribution in [0.3, 0.4) is 0 Å². The molecule has 0 spiro atoms. The number of nitrogens with one attached hydrogen (secondary N) is 1. The summed E-state index contributed by atoms with van der Waals surface area (Å²) < 4.78 is 0. The van der Waals surface area contributed by atoms with Crippen molar-refractivity contribution in [3.63, 3.8) is 0 Å². The summed E-state index contributed by atoms with van der Waals surface area (Å²) in [5.41, 5.74) is 3.02. The first-order valence-electron chi connectivity index (χ1n) is 5.06. The number of carbonyl (C=O) groups is 1. The highest BCUT2D eigenvalue weighted by atomic mass is 16.1. The molecule has 1 amide bonds. The summed E-state index contributed by atoms with van der Waals surface area (Å²) in [4.78, 5) is 10.8. The summed E-state index contributed by atoms with van der Waals surface area (Å²) in [6.45, 7) is 6.72. The van der Waals surface area contributed by atoms with Crippen LogP contribution in [0.25, 0.3) is 0 Å². The van der Waals surface area contributed by atoms with E-state index in [0.717, 1.165) is 6.54 Å². The number of hydrogen-bond acceptors (Lipinski definition) is 1. The van der Waals surface area contributed by atoms with E-state index >= 15 is 0 Å². The van der Waals surface area contributed by atoms with Crippen molar-refractivity contribution in [1.82, 2.24) is 5.32 Å². The van der Waals surface area contributed by atoms with Gasteiger partial charge in [0.25, 0.3) is 0 Å². The molecule has 1 saturated carbocycles. The number of rotatable bonds is 3. The third-order valence-electron chi connectivity index (χ3n) is 2.64. The monoisotopic (exact) mass is 181 g/mol. The Hall–Kier alpha value is -0.790. The number of hydrogen-bond donors (Lipinski definition) is 1. The van der Waals surface area contributed by atoms with Crippen LogP contribution < -0.4 is 5.32 Å². The molecule has 2 nitrogen and oxygen atoms in total. The lowest BCUT2D eigenvalue weighted by atomic mass is 9.84. The van der Waals surface area contributed by atoms with Gasteiger partial charge < -0.3 is 5.32 Å². The molecule has 0 aromatic heterocycles. The summed E-state index contributed by atoms with van der Waals surface area (Å²) in [6, 6.07) is 0. The fraction of sp³-hybridized carbons (Fsp3) is 0.727. The van der Waals surface area contributed by atoms with Gasteiger partial charge in [-0.25, -0.2) is 0 Å². The first-order valence-corrected chi connectivity index (χ1v) is 5.06. The van der Waals surface area contributed by atoms with Gasteiger partial charge in [0.2, 0.25) is 5.91 Å². The lowest BCUT2D eigenvalue weighted by Crippen LogP contribution is -2.26. The first-order chi connectivity index (χ1) is 6.11. The van der Waals surface area contributed by atoms with Crippen LogP contribution in [0.15, 0.2) is 11.1 Å². The van der Waals surface area contributed by atoms with Gasteiger partial charge in [-0.2, -0.15) is 0 Å². The minimum atomic E-state index is 0.0677. The van der Waals surface area contributed by atoms with Gasteiger partial charge in [-0.1, -0.05) is 19.4 Å². The van der Waals surface area contributed by atoms with Crippen molar-refractivity contribution < 1.29 is 4.79 Å². The van der Waals surface area contributed by atoms with Gasteiger partial charge in [0, 0.05) is 13.5 Å². The second-order valence-corrected chi connectivity index (χ2v) is 4.05. The molecule has 0 radical (unpaired) electrons. The van der Waals surface area contributed by atoms with Gasteiger partial charge in [0.15, 0.2) is 0 Å². The highest BCUT2D eigenvalue weighted by Gasteiger charge is 2.16. The third kappa shape index (κ3) is 2.87. The predicted octanol–water partition coefficient (Wildman–Crippen LogP) is 2.26. The highest BCUT2D eigenvalue weighted by Crippen LogP contribution is 2.31. The molecule has 0 aromatic carbocycles. The number of allylic oxidation sites excluding steroid dienone is 1. The van der Waals surface area contributed by atoms with E-state index in [9.17, 15) is 4.79 Å². The van der Waals surface area contributed by atoms with Crippen LogP contribution in [0.1, 0.15) is 40.0 Å². The molecule has 0 aliphatic heterocycles. The van der Waals surface area contributed by atoms with Gasteiger partial charge in [-0.05, 0) is 30.8 Å². The molecule has 0 atom stereocenters. The van der Waals surface area contributed by atoms with Gasteiger partial charge in [0.1, 0.15) is 0 Å². The van der Waals surface area contributed by atoms with E-state index in [0.29, 0.717) is 5.92 Å². The third-order valence-corrected chi connectivity index (χ3v) is 2.64. The van der Waals surface area contributed by atoms with Crippen molar-refractivity contribution >= 4 is 5.91 Å². The Morgan fingerprint density at radius 2 is 2.08 bits per heavy atom. The summed E-state index contributed by atoms with van der Waals surface area (Å²) in [7, 11) is 0.